The molecule has 0 bridgehead atoms. The molecule has 1 aliphatic heterocycles. The van der Waals surface area contributed by atoms with Crippen molar-refractivity contribution in [3.05, 3.63) is 83.7 Å². The fourth-order valence-electron chi connectivity index (χ4n) is 3.95. The molecule has 0 aliphatic carbocycles. The lowest BCUT2D eigenvalue weighted by Crippen LogP contribution is -2.29. The van der Waals surface area contributed by atoms with Crippen molar-refractivity contribution in [2.24, 2.45) is 0 Å². The molecule has 2 aromatic heterocycles. The van der Waals surface area contributed by atoms with E-state index in [0.717, 1.165) is 4.70 Å². The zero-order chi connectivity index (χ0) is 23.8. The van der Waals surface area contributed by atoms with Crippen molar-refractivity contribution in [3.8, 4) is 11.5 Å². The highest BCUT2D eigenvalue weighted by molar-refractivity contribution is 7.22. The number of para-hydroxylation sites is 1. The van der Waals surface area contributed by atoms with E-state index in [1.807, 2.05) is 24.3 Å². The van der Waals surface area contributed by atoms with Crippen LogP contribution in [0.3, 0.4) is 0 Å². The van der Waals surface area contributed by atoms with Crippen LogP contribution in [0.4, 0.5) is 5.13 Å². The molecular formula is C25H19N3O5S. The van der Waals surface area contributed by atoms with Crippen molar-refractivity contribution in [1.82, 2.24) is 9.97 Å². The van der Waals surface area contributed by atoms with Gasteiger partial charge in [0.1, 0.15) is 23.3 Å². The average molecular weight is 474 g/mol. The first-order chi connectivity index (χ1) is 16.5. The summed E-state index contributed by atoms with van der Waals surface area (Å²) >= 11 is 1.29. The predicted octanol–water partition coefficient (Wildman–Crippen LogP) is 4.33. The number of amides is 1. The fourth-order valence-corrected chi connectivity index (χ4v) is 4.94. The van der Waals surface area contributed by atoms with Gasteiger partial charge in [-0.15, -0.1) is 0 Å². The lowest BCUT2D eigenvalue weighted by Gasteiger charge is -2.22. The molecule has 1 unspecified atom stereocenters. The van der Waals surface area contributed by atoms with Gasteiger partial charge >= 0.3 is 5.91 Å². The second-order valence-corrected chi connectivity index (χ2v) is 8.46. The molecule has 0 radical (unpaired) electrons. The number of pyridine rings is 1. The van der Waals surface area contributed by atoms with Gasteiger partial charge in [-0.05, 0) is 36.4 Å². The van der Waals surface area contributed by atoms with Crippen LogP contribution < -0.4 is 14.4 Å². The van der Waals surface area contributed by atoms with Gasteiger partial charge in [-0.1, -0.05) is 29.5 Å². The van der Waals surface area contributed by atoms with Crippen molar-refractivity contribution in [1.29, 1.82) is 0 Å². The highest BCUT2D eigenvalue weighted by atomic mass is 32.1. The second kappa shape index (κ2) is 8.60. The number of methoxy groups -OCH3 is 2. The Balaban J connectivity index is 1.73. The first kappa shape index (κ1) is 21.6. The number of rotatable bonds is 5. The standard InChI is InChI=1S/C25H19N3O5S/c1-32-14-10-11-15(18(13-14)33-2)22(29)20-21(17-8-5-6-12-26-17)28(24(31)23(20)30)25-27-16-7-3-4-9-19(16)34-25/h3-13,21,29H,1-2H3/b22-20+. The maximum Gasteiger partial charge on any atom is 0.301 e. The third-order valence-corrected chi connectivity index (χ3v) is 6.60. The number of hydrogen-bond donors (Lipinski definition) is 1. The van der Waals surface area contributed by atoms with Crippen molar-refractivity contribution < 1.29 is 24.2 Å². The maximum absolute atomic E-state index is 13.3. The third kappa shape index (κ3) is 3.46. The lowest BCUT2D eigenvalue weighted by molar-refractivity contribution is -0.132. The molecule has 8 nitrogen and oxygen atoms in total. The highest BCUT2D eigenvalue weighted by Crippen LogP contribution is 2.44. The maximum atomic E-state index is 13.3. The van der Waals surface area contributed by atoms with Crippen molar-refractivity contribution in [2.75, 3.05) is 19.1 Å². The Bertz CT molecular complexity index is 1410. The number of carbonyl (C=O) groups excluding carboxylic acids is 2. The number of anilines is 1. The Kier molecular flexibility index (Phi) is 5.46. The number of nitrogens with zero attached hydrogens (tertiary/aromatic N) is 3. The molecule has 170 valence electrons. The Morgan fingerprint density at radius 3 is 2.53 bits per heavy atom. The van der Waals surface area contributed by atoms with Gasteiger partial charge in [0.15, 0.2) is 5.13 Å². The number of thiazole rings is 1. The summed E-state index contributed by atoms with van der Waals surface area (Å²) < 4.78 is 11.5. The molecule has 1 amide bonds. The summed E-state index contributed by atoms with van der Waals surface area (Å²) in [6.07, 6.45) is 1.57. The van der Waals surface area contributed by atoms with Crippen LogP contribution in [0.1, 0.15) is 17.3 Å². The molecule has 1 saturated heterocycles. The molecule has 0 spiro atoms. The molecule has 0 saturated carbocycles. The van der Waals surface area contributed by atoms with Crippen LogP contribution >= 0.6 is 11.3 Å². The fraction of sp³-hybridized carbons (Fsp3) is 0.120. The normalized spacial score (nSPS) is 17.4. The molecular weight excluding hydrogens is 454 g/mol. The number of Topliss-reactive ketones (excluding diaryl/α,β-unsaturated/α-hetero) is 1. The Morgan fingerprint density at radius 2 is 1.82 bits per heavy atom. The number of carbonyl (C=O) groups is 2. The number of aromatic nitrogens is 2. The van der Waals surface area contributed by atoms with E-state index in [4.69, 9.17) is 9.47 Å². The quantitative estimate of drug-likeness (QED) is 0.261. The number of aliphatic hydroxyl groups is 1. The van der Waals surface area contributed by atoms with E-state index in [9.17, 15) is 14.7 Å². The van der Waals surface area contributed by atoms with Crippen molar-refractivity contribution in [2.45, 2.75) is 6.04 Å². The SMILES string of the molecule is COc1ccc(/C(O)=C2\C(=O)C(=O)N(c3nc4ccccc4s3)C2c2ccccn2)c(OC)c1. The molecule has 5 rings (SSSR count). The number of hydrogen-bond acceptors (Lipinski definition) is 8. The summed E-state index contributed by atoms with van der Waals surface area (Å²) in [4.78, 5) is 36.9. The number of aliphatic hydroxyl groups excluding tert-OH is 1. The van der Waals surface area contributed by atoms with E-state index in [0.29, 0.717) is 27.8 Å². The summed E-state index contributed by atoms with van der Waals surface area (Å²) in [5.41, 5.74) is 1.30. The van der Waals surface area contributed by atoms with Crippen molar-refractivity contribution in [3.63, 3.8) is 0 Å². The molecule has 4 aromatic rings. The lowest BCUT2D eigenvalue weighted by atomic mass is 9.98. The van der Waals surface area contributed by atoms with Crippen LogP contribution in [0.15, 0.2) is 72.4 Å². The number of ether oxygens (including phenoxy) is 2. The van der Waals surface area contributed by atoms with Crippen LogP contribution in [0.2, 0.25) is 0 Å². The Morgan fingerprint density at radius 1 is 1.03 bits per heavy atom. The topological polar surface area (TPSA) is 102 Å². The minimum absolute atomic E-state index is 0.0913. The third-order valence-electron chi connectivity index (χ3n) is 5.56. The number of benzene rings is 2. The van der Waals surface area contributed by atoms with Crippen LogP contribution in [0.25, 0.3) is 16.0 Å². The van der Waals surface area contributed by atoms with Crippen LogP contribution in [-0.4, -0.2) is 41.0 Å². The van der Waals surface area contributed by atoms with Crippen LogP contribution in [-0.2, 0) is 9.59 Å². The van der Waals surface area contributed by atoms with E-state index in [-0.39, 0.29) is 16.9 Å². The predicted molar refractivity (Wildman–Crippen MR) is 128 cm³/mol. The van der Waals surface area contributed by atoms with E-state index in [1.54, 1.807) is 42.6 Å². The van der Waals surface area contributed by atoms with E-state index >= 15 is 0 Å². The van der Waals surface area contributed by atoms with E-state index in [1.165, 1.54) is 30.5 Å². The molecule has 1 aliphatic rings. The molecule has 1 atom stereocenters. The van der Waals surface area contributed by atoms with Gasteiger partial charge in [0.05, 0.1) is 41.3 Å². The smallest absolute Gasteiger partial charge is 0.301 e. The van der Waals surface area contributed by atoms with Gasteiger partial charge in [0.2, 0.25) is 0 Å². The van der Waals surface area contributed by atoms with Gasteiger partial charge in [-0.25, -0.2) is 4.98 Å². The van der Waals surface area contributed by atoms with Crippen LogP contribution in [0, 0.1) is 0 Å². The highest BCUT2D eigenvalue weighted by Gasteiger charge is 2.49. The molecule has 2 aromatic carbocycles. The Hall–Kier alpha value is -4.24. The van der Waals surface area contributed by atoms with Crippen LogP contribution in [0.5, 0.6) is 11.5 Å². The second-order valence-electron chi connectivity index (χ2n) is 7.45. The monoisotopic (exact) mass is 473 g/mol. The van der Waals surface area contributed by atoms with Crippen molar-refractivity contribution >= 4 is 44.1 Å². The molecule has 1 N–H and O–H groups in total. The van der Waals surface area contributed by atoms with Gasteiger partial charge in [-0.3, -0.25) is 19.5 Å². The summed E-state index contributed by atoms with van der Waals surface area (Å²) in [5.74, 6) is -1.17. The first-order valence-corrected chi connectivity index (χ1v) is 11.1. The summed E-state index contributed by atoms with van der Waals surface area (Å²) in [6, 6.07) is 16.5. The summed E-state index contributed by atoms with van der Waals surface area (Å²) in [6.45, 7) is 0. The molecule has 34 heavy (non-hydrogen) atoms. The summed E-state index contributed by atoms with van der Waals surface area (Å²) in [7, 11) is 2.96. The average Bonchev–Trinajstić information content (AvgIpc) is 3.42. The Labute approximate surface area is 198 Å². The van der Waals surface area contributed by atoms with Gasteiger partial charge in [0, 0.05) is 12.3 Å². The molecule has 1 fully saturated rings. The summed E-state index contributed by atoms with van der Waals surface area (Å²) in [5, 5.41) is 11.7. The number of ketones is 1. The van der Waals surface area contributed by atoms with Gasteiger partial charge in [-0.2, -0.15) is 0 Å². The zero-order valence-corrected chi connectivity index (χ0v) is 19.1. The largest absolute Gasteiger partial charge is 0.507 e. The minimum atomic E-state index is -0.964. The zero-order valence-electron chi connectivity index (χ0n) is 18.3. The number of fused-ring (bicyclic) bond motifs is 1. The van der Waals surface area contributed by atoms with Gasteiger partial charge < -0.3 is 14.6 Å². The molecule has 3 heterocycles. The van der Waals surface area contributed by atoms with E-state index < -0.39 is 17.7 Å². The van der Waals surface area contributed by atoms with Gasteiger partial charge in [0.25, 0.3) is 5.78 Å². The van der Waals surface area contributed by atoms with E-state index in [2.05, 4.69) is 9.97 Å². The molecule has 9 heteroatoms. The first-order valence-electron chi connectivity index (χ1n) is 10.3. The minimum Gasteiger partial charge on any atom is -0.507 e.